The fourth-order valence-electron chi connectivity index (χ4n) is 0.561. The monoisotopic (exact) mass is 191 g/mol. The van der Waals surface area contributed by atoms with Crippen molar-refractivity contribution >= 4 is 23.6 Å². The number of amides is 1. The maximum atomic E-state index is 10.7. The number of carbonyl (C=O) groups excluding carboxylic acids is 2. The van der Waals surface area contributed by atoms with Gasteiger partial charge in [0.1, 0.15) is 0 Å². The van der Waals surface area contributed by atoms with E-state index in [2.05, 4.69) is 4.74 Å². The Hall–Kier alpha value is -0.710. The van der Waals surface area contributed by atoms with Crippen LogP contribution in [0.15, 0.2) is 0 Å². The predicted octanol–water partition coefficient (Wildman–Crippen LogP) is 0.158. The minimum absolute atomic E-state index is 0.227. The van der Waals surface area contributed by atoms with Crippen molar-refractivity contribution in [2.24, 2.45) is 5.73 Å². The largest absolute Gasteiger partial charge is 0.466 e. The van der Waals surface area contributed by atoms with E-state index in [1.54, 1.807) is 6.92 Å². The van der Waals surface area contributed by atoms with Crippen LogP contribution < -0.4 is 5.73 Å². The van der Waals surface area contributed by atoms with Gasteiger partial charge in [-0.3, -0.25) is 9.59 Å². The van der Waals surface area contributed by atoms with Gasteiger partial charge in [-0.05, 0) is 6.92 Å². The van der Waals surface area contributed by atoms with Crippen molar-refractivity contribution in [3.8, 4) is 0 Å². The zero-order chi connectivity index (χ0) is 9.40. The summed E-state index contributed by atoms with van der Waals surface area (Å²) in [4.78, 5) is 21.0. The minimum Gasteiger partial charge on any atom is -0.466 e. The molecule has 0 radical (unpaired) electrons. The Morgan fingerprint density at radius 1 is 1.50 bits per heavy atom. The number of nitrogens with two attached hydrogens (primary N) is 1. The first-order valence-electron chi connectivity index (χ1n) is 3.68. The van der Waals surface area contributed by atoms with Gasteiger partial charge in [-0.1, -0.05) is 0 Å². The van der Waals surface area contributed by atoms with Gasteiger partial charge in [0.2, 0.25) is 5.91 Å². The van der Waals surface area contributed by atoms with Crippen LogP contribution in [0.3, 0.4) is 0 Å². The molecule has 5 heteroatoms. The second-order valence-corrected chi connectivity index (χ2v) is 3.18. The third-order valence-electron chi connectivity index (χ3n) is 1.00. The summed E-state index contributed by atoms with van der Waals surface area (Å²) in [5, 5.41) is 0. The highest BCUT2D eigenvalue weighted by Crippen LogP contribution is 2.01. The number of carbonyl (C=O) groups is 2. The van der Waals surface area contributed by atoms with Crippen LogP contribution in [0, 0.1) is 0 Å². The zero-order valence-electron chi connectivity index (χ0n) is 7.04. The first-order valence-corrected chi connectivity index (χ1v) is 4.84. The van der Waals surface area contributed by atoms with Crippen molar-refractivity contribution in [3.05, 3.63) is 0 Å². The number of hydrogen-bond acceptors (Lipinski definition) is 4. The van der Waals surface area contributed by atoms with Crippen LogP contribution in [0.25, 0.3) is 0 Å². The molecular formula is C7H13NO3S. The smallest absolute Gasteiger partial charge is 0.306 e. The molecule has 2 N–H and O–H groups in total. The molecule has 0 aromatic rings. The predicted molar refractivity (Wildman–Crippen MR) is 47.8 cm³/mol. The molecule has 0 atom stereocenters. The van der Waals surface area contributed by atoms with E-state index in [1.165, 1.54) is 11.8 Å². The van der Waals surface area contributed by atoms with Gasteiger partial charge in [0.15, 0.2) is 0 Å². The van der Waals surface area contributed by atoms with Gasteiger partial charge in [-0.25, -0.2) is 0 Å². The summed E-state index contributed by atoms with van der Waals surface area (Å²) in [5.74, 6) is 0.264. The number of rotatable bonds is 6. The summed E-state index contributed by atoms with van der Waals surface area (Å²) in [6, 6.07) is 0. The molecule has 12 heavy (non-hydrogen) atoms. The Kier molecular flexibility index (Phi) is 6.55. The van der Waals surface area contributed by atoms with E-state index < -0.39 is 0 Å². The molecule has 0 saturated carbocycles. The molecule has 0 rings (SSSR count). The quantitative estimate of drug-likeness (QED) is 0.479. The zero-order valence-corrected chi connectivity index (χ0v) is 7.86. The Bertz CT molecular complexity index is 161. The molecular weight excluding hydrogens is 178 g/mol. The molecule has 0 aromatic carbocycles. The Morgan fingerprint density at radius 2 is 2.17 bits per heavy atom. The molecule has 0 fully saturated rings. The molecule has 0 heterocycles. The third kappa shape index (κ3) is 7.40. The maximum Gasteiger partial charge on any atom is 0.306 e. The van der Waals surface area contributed by atoms with Crippen molar-refractivity contribution < 1.29 is 14.3 Å². The molecule has 1 amide bonds. The number of hydrogen-bond donors (Lipinski definition) is 1. The van der Waals surface area contributed by atoms with Crippen molar-refractivity contribution in [3.63, 3.8) is 0 Å². The Morgan fingerprint density at radius 3 is 2.67 bits per heavy atom. The number of esters is 1. The normalized spacial score (nSPS) is 9.42. The van der Waals surface area contributed by atoms with Gasteiger partial charge in [0.25, 0.3) is 0 Å². The lowest BCUT2D eigenvalue weighted by molar-refractivity contribution is -0.142. The lowest BCUT2D eigenvalue weighted by Gasteiger charge is -1.99. The highest BCUT2D eigenvalue weighted by Gasteiger charge is 2.01. The van der Waals surface area contributed by atoms with Gasteiger partial charge in [-0.2, -0.15) is 11.8 Å². The molecule has 0 aliphatic rings. The van der Waals surface area contributed by atoms with E-state index in [4.69, 9.17) is 5.73 Å². The minimum atomic E-state index is -0.358. The summed E-state index contributed by atoms with van der Waals surface area (Å²) in [5.41, 5.74) is 4.89. The third-order valence-corrected chi connectivity index (χ3v) is 1.98. The van der Waals surface area contributed by atoms with Crippen molar-refractivity contribution in [1.82, 2.24) is 0 Å². The number of primary amides is 1. The average Bonchev–Trinajstić information content (AvgIpc) is 1.98. The summed E-state index contributed by atoms with van der Waals surface area (Å²) in [6.45, 7) is 2.16. The van der Waals surface area contributed by atoms with Crippen LogP contribution in [0.2, 0.25) is 0 Å². The summed E-state index contributed by atoms with van der Waals surface area (Å²) in [7, 11) is 0. The van der Waals surface area contributed by atoms with E-state index in [0.29, 0.717) is 18.8 Å². The fourth-order valence-corrected chi connectivity index (χ4v) is 1.22. The second-order valence-electron chi connectivity index (χ2n) is 2.07. The van der Waals surface area contributed by atoms with Crippen molar-refractivity contribution in [2.45, 2.75) is 13.3 Å². The van der Waals surface area contributed by atoms with Gasteiger partial charge in [0, 0.05) is 5.75 Å². The van der Waals surface area contributed by atoms with E-state index >= 15 is 0 Å². The topological polar surface area (TPSA) is 69.4 Å². The number of thioether (sulfide) groups is 1. The van der Waals surface area contributed by atoms with E-state index in [0.717, 1.165) is 0 Å². The van der Waals surface area contributed by atoms with Crippen molar-refractivity contribution in [1.29, 1.82) is 0 Å². The molecule has 70 valence electrons. The molecule has 0 aromatic heterocycles. The lowest BCUT2D eigenvalue weighted by Crippen LogP contribution is -2.14. The first kappa shape index (κ1) is 11.3. The van der Waals surface area contributed by atoms with Crippen LogP contribution in [0.5, 0.6) is 0 Å². The Labute approximate surface area is 75.8 Å². The standard InChI is InChI=1S/C7H13NO3S/c1-2-11-7(10)3-4-12-5-6(8)9/h2-5H2,1H3,(H2,8,9). The highest BCUT2D eigenvalue weighted by atomic mass is 32.2. The summed E-state index contributed by atoms with van der Waals surface area (Å²) in [6.07, 6.45) is 0.339. The maximum absolute atomic E-state index is 10.7. The van der Waals surface area contributed by atoms with Crippen LogP contribution in [-0.2, 0) is 14.3 Å². The molecule has 0 saturated heterocycles. The van der Waals surface area contributed by atoms with Gasteiger partial charge in [0.05, 0.1) is 18.8 Å². The van der Waals surface area contributed by atoms with Crippen LogP contribution in [0.4, 0.5) is 0 Å². The molecule has 0 spiro atoms. The second kappa shape index (κ2) is 6.97. The lowest BCUT2D eigenvalue weighted by atomic mass is 10.5. The van der Waals surface area contributed by atoms with E-state index in [9.17, 15) is 9.59 Å². The van der Waals surface area contributed by atoms with Crippen molar-refractivity contribution in [2.75, 3.05) is 18.1 Å². The molecule has 0 aliphatic heterocycles. The summed E-state index contributed by atoms with van der Waals surface area (Å²) < 4.78 is 4.68. The Balaban J connectivity index is 3.19. The molecule has 0 aliphatic carbocycles. The molecule has 4 nitrogen and oxygen atoms in total. The van der Waals surface area contributed by atoms with Crippen LogP contribution >= 0.6 is 11.8 Å². The van der Waals surface area contributed by atoms with E-state index in [1.807, 2.05) is 0 Å². The molecule has 0 bridgehead atoms. The first-order chi connectivity index (χ1) is 5.66. The molecule has 0 unspecified atom stereocenters. The fraction of sp³-hybridized carbons (Fsp3) is 0.714. The van der Waals surface area contributed by atoms with Gasteiger partial charge >= 0.3 is 5.97 Å². The van der Waals surface area contributed by atoms with E-state index in [-0.39, 0.29) is 17.6 Å². The van der Waals surface area contributed by atoms with Crippen LogP contribution in [-0.4, -0.2) is 30.0 Å². The highest BCUT2D eigenvalue weighted by molar-refractivity contribution is 7.99. The van der Waals surface area contributed by atoms with Crippen LogP contribution in [0.1, 0.15) is 13.3 Å². The van der Waals surface area contributed by atoms with Gasteiger partial charge in [-0.15, -0.1) is 0 Å². The average molecular weight is 191 g/mol. The SMILES string of the molecule is CCOC(=O)CCSCC(N)=O. The van der Waals surface area contributed by atoms with Gasteiger partial charge < -0.3 is 10.5 Å². The summed E-state index contributed by atoms with van der Waals surface area (Å²) >= 11 is 1.34. The number of ether oxygens (including phenoxy) is 1.